The number of nitrogens with one attached hydrogen (secondary N) is 3. The van der Waals surface area contributed by atoms with Gasteiger partial charge in [0.25, 0.3) is 5.97 Å². The van der Waals surface area contributed by atoms with Gasteiger partial charge in [-0.25, -0.2) is 0 Å². The molecule has 0 aromatic rings. The first-order valence-electron chi connectivity index (χ1n) is 18.8. The summed E-state index contributed by atoms with van der Waals surface area (Å²) in [5.41, 5.74) is 6.43. The molecule has 0 bridgehead atoms. The summed E-state index contributed by atoms with van der Waals surface area (Å²) in [6, 6.07) is 0.692. The summed E-state index contributed by atoms with van der Waals surface area (Å²) in [7, 11) is 18.5. The van der Waals surface area contributed by atoms with Crippen molar-refractivity contribution in [1.82, 2.24) is 16.0 Å². The highest BCUT2D eigenvalue weighted by molar-refractivity contribution is 6.48. The van der Waals surface area contributed by atoms with E-state index in [1.54, 1.807) is 0 Å². The molecule has 0 aromatic heterocycles. The van der Waals surface area contributed by atoms with Crippen LogP contribution >= 0.6 is 0 Å². The van der Waals surface area contributed by atoms with Crippen molar-refractivity contribution in [3.63, 3.8) is 0 Å². The lowest BCUT2D eigenvalue weighted by atomic mass is 9.35. The fourth-order valence-electron chi connectivity index (χ4n) is 10.6. The molecule has 9 unspecified atom stereocenters. The number of carbonyl (C=O) groups is 1. The van der Waals surface area contributed by atoms with Crippen LogP contribution < -0.4 is 21.7 Å². The number of hydrogen-bond acceptors (Lipinski definition) is 5. The Morgan fingerprint density at radius 2 is 1.47 bits per heavy atom. The maximum Gasteiger partial charge on any atom is 0.299 e. The number of unbranched alkanes of at least 4 members (excludes halogenated alkanes) is 1. The molecular weight excluding hydrogens is 553 g/mol. The van der Waals surface area contributed by atoms with E-state index >= 15 is 0 Å². The molecule has 0 heterocycles. The predicted octanol–water partition coefficient (Wildman–Crippen LogP) is 5.36. The van der Waals surface area contributed by atoms with Crippen molar-refractivity contribution in [1.29, 1.82) is 0 Å². The zero-order valence-corrected chi connectivity index (χ0v) is 29.2. The Morgan fingerprint density at radius 3 is 2.16 bits per heavy atom. The summed E-state index contributed by atoms with van der Waals surface area (Å²) in [5, 5.41) is 17.5. The first kappa shape index (κ1) is 37.3. The van der Waals surface area contributed by atoms with Crippen molar-refractivity contribution >= 4 is 29.5 Å². The van der Waals surface area contributed by atoms with Crippen LogP contribution in [0.1, 0.15) is 124 Å². The van der Waals surface area contributed by atoms with E-state index in [2.05, 4.69) is 29.8 Å². The number of fused-ring (bicyclic) bond motifs is 5. The molecule has 6 N–H and O–H groups in total. The zero-order chi connectivity index (χ0) is 32.7. The van der Waals surface area contributed by atoms with Crippen LogP contribution in [0.25, 0.3) is 0 Å². The highest BCUT2D eigenvalue weighted by atomic mass is 16.4. The van der Waals surface area contributed by atoms with Crippen molar-refractivity contribution in [3.8, 4) is 0 Å². The van der Waals surface area contributed by atoms with E-state index in [9.17, 15) is 9.90 Å². The lowest BCUT2D eigenvalue weighted by molar-refractivity contribution is -0.140. The molecule has 9 heteroatoms. The summed E-state index contributed by atoms with van der Waals surface area (Å²) < 4.78 is 0. The number of rotatable bonds is 19. The van der Waals surface area contributed by atoms with Gasteiger partial charge in [0.15, 0.2) is 0 Å². The predicted molar refractivity (Wildman–Crippen MR) is 190 cm³/mol. The van der Waals surface area contributed by atoms with Crippen molar-refractivity contribution in [2.75, 3.05) is 39.3 Å². The van der Waals surface area contributed by atoms with E-state index in [4.69, 9.17) is 29.3 Å². The minimum absolute atomic E-state index is 0.392. The largest absolute Gasteiger partial charge is 0.481 e. The first-order chi connectivity index (χ1) is 21.4. The van der Waals surface area contributed by atoms with E-state index in [-0.39, 0.29) is 0 Å². The Morgan fingerprint density at radius 1 is 0.822 bits per heavy atom. The van der Waals surface area contributed by atoms with Crippen LogP contribution in [0.5, 0.6) is 0 Å². The number of hydrogen-bond donors (Lipinski definition) is 5. The molecule has 0 aromatic carbocycles. The van der Waals surface area contributed by atoms with E-state index in [0.717, 1.165) is 82.2 Å². The molecule has 4 aliphatic rings. The highest BCUT2D eigenvalue weighted by Crippen LogP contribution is 2.68. The molecule has 4 fully saturated rings. The molecule has 250 valence electrons. The molecule has 4 saturated carbocycles. The SMILES string of the molecule is [B]C([B])(CCCC1CCC2C3CCC4CC(NCCCNCCCCNCCCN)CCC4(C)C3CCC12C)C([B])(C)C(=O)O. The molecule has 0 amide bonds. The number of carboxylic acids is 1. The maximum absolute atomic E-state index is 11.6. The van der Waals surface area contributed by atoms with Crippen LogP contribution in [0, 0.1) is 40.4 Å². The van der Waals surface area contributed by atoms with Gasteiger partial charge in [-0.05, 0) is 170 Å². The second kappa shape index (κ2) is 16.3. The van der Waals surface area contributed by atoms with Gasteiger partial charge in [0, 0.05) is 11.4 Å². The van der Waals surface area contributed by atoms with Gasteiger partial charge in [-0.3, -0.25) is 4.79 Å². The molecule has 0 spiro atoms. The normalized spacial score (nSPS) is 36.1. The molecule has 0 aliphatic heterocycles. The minimum atomic E-state index is -1.63. The lowest BCUT2D eigenvalue weighted by Crippen LogP contribution is -2.55. The summed E-state index contributed by atoms with van der Waals surface area (Å²) in [4.78, 5) is 11.6. The molecular formula is C36H65B3N4O2. The van der Waals surface area contributed by atoms with Gasteiger partial charge in [0.2, 0.25) is 0 Å². The molecule has 4 rings (SSSR count). The standard InChI is InChI=1S/C36H65B3N4O2/c1-33-18-15-31-29(30(33)13-11-26(33)9-6-16-36(38,39)35(3,37)32(44)45)12-10-27-25-28(14-17-34(27,31)2)43-24-8-23-42-21-5-4-20-41-22-7-19-40/h26-31,41-43H,4-25,40H2,1-3H3,(H,44,45). The smallest absolute Gasteiger partial charge is 0.299 e. The van der Waals surface area contributed by atoms with Gasteiger partial charge in [0.05, 0.1) is 23.5 Å². The number of carboxylic acid groups (broad SMARTS) is 1. The first-order valence-corrected chi connectivity index (χ1v) is 18.8. The molecule has 0 saturated heterocycles. The Bertz CT molecular complexity index is 938. The van der Waals surface area contributed by atoms with Gasteiger partial charge >= 0.3 is 0 Å². The molecule has 6 radical (unpaired) electrons. The van der Waals surface area contributed by atoms with Crippen molar-refractivity contribution in [2.24, 2.45) is 46.2 Å². The van der Waals surface area contributed by atoms with Gasteiger partial charge in [0.1, 0.15) is 0 Å². The van der Waals surface area contributed by atoms with E-state index in [0.29, 0.717) is 29.2 Å². The summed E-state index contributed by atoms with van der Waals surface area (Å²) >= 11 is 0. The van der Waals surface area contributed by atoms with Crippen molar-refractivity contribution in [2.45, 2.75) is 140 Å². The molecule has 45 heavy (non-hydrogen) atoms. The highest BCUT2D eigenvalue weighted by Gasteiger charge is 2.60. The maximum atomic E-state index is 11.6. The monoisotopic (exact) mass is 619 g/mol. The van der Waals surface area contributed by atoms with Crippen molar-refractivity contribution in [3.05, 3.63) is 0 Å². The van der Waals surface area contributed by atoms with Crippen LogP contribution in [0.4, 0.5) is 0 Å². The van der Waals surface area contributed by atoms with Gasteiger partial charge in [-0.2, -0.15) is 0 Å². The minimum Gasteiger partial charge on any atom is -0.481 e. The summed E-state index contributed by atoms with van der Waals surface area (Å²) in [6.07, 6.45) is 19.4. The fraction of sp³-hybridized carbons (Fsp3) is 0.972. The van der Waals surface area contributed by atoms with Crippen molar-refractivity contribution < 1.29 is 9.90 Å². The third-order valence-electron chi connectivity index (χ3n) is 13.9. The van der Waals surface area contributed by atoms with E-state index in [1.165, 1.54) is 84.0 Å². The lowest BCUT2D eigenvalue weighted by Gasteiger charge is -2.61. The van der Waals surface area contributed by atoms with Crippen LogP contribution in [-0.2, 0) is 4.79 Å². The zero-order valence-electron chi connectivity index (χ0n) is 29.2. The quantitative estimate of drug-likeness (QED) is 0.0989. The van der Waals surface area contributed by atoms with Gasteiger partial charge in [-0.1, -0.05) is 38.8 Å². The third kappa shape index (κ3) is 8.57. The van der Waals surface area contributed by atoms with Crippen LogP contribution in [0.3, 0.4) is 0 Å². The van der Waals surface area contributed by atoms with Crippen LogP contribution in [0.15, 0.2) is 0 Å². The van der Waals surface area contributed by atoms with E-state index in [1.807, 2.05) is 0 Å². The van der Waals surface area contributed by atoms with Crippen LogP contribution in [0.2, 0.25) is 10.5 Å². The van der Waals surface area contributed by atoms with Gasteiger partial charge < -0.3 is 26.8 Å². The number of aliphatic carboxylic acids is 1. The molecule has 6 nitrogen and oxygen atoms in total. The Hall–Kier alpha value is -0.495. The summed E-state index contributed by atoms with van der Waals surface area (Å²) in [5.74, 6) is 2.99. The topological polar surface area (TPSA) is 99.4 Å². The Balaban J connectivity index is 1.17. The second-order valence-electron chi connectivity index (χ2n) is 16.5. The Labute approximate surface area is 280 Å². The fourth-order valence-corrected chi connectivity index (χ4v) is 10.6. The second-order valence-corrected chi connectivity index (χ2v) is 16.5. The Kier molecular flexibility index (Phi) is 13.5. The third-order valence-corrected chi connectivity index (χ3v) is 13.9. The average Bonchev–Trinajstić information content (AvgIpc) is 3.33. The molecule has 4 aliphatic carbocycles. The number of nitrogens with two attached hydrogens (primary N) is 1. The average molecular weight is 618 g/mol. The van der Waals surface area contributed by atoms with Crippen LogP contribution in [-0.4, -0.2) is 79.9 Å². The molecule has 9 atom stereocenters. The summed E-state index contributed by atoms with van der Waals surface area (Å²) in [6.45, 7) is 13.0. The van der Waals surface area contributed by atoms with Gasteiger partial charge in [-0.15, -0.1) is 0 Å². The van der Waals surface area contributed by atoms with E-state index < -0.39 is 16.5 Å².